The Bertz CT molecular complexity index is 685. The van der Waals surface area contributed by atoms with E-state index >= 15 is 0 Å². The molecule has 1 aromatic carbocycles. The summed E-state index contributed by atoms with van der Waals surface area (Å²) in [5, 5.41) is 16.2. The number of carboxylic acids is 1. The van der Waals surface area contributed by atoms with Gasteiger partial charge in [-0.2, -0.15) is 5.10 Å². The van der Waals surface area contributed by atoms with Crippen molar-refractivity contribution in [1.29, 1.82) is 0 Å². The molecule has 0 aliphatic carbocycles. The van der Waals surface area contributed by atoms with E-state index in [0.29, 0.717) is 15.7 Å². The Balaban J connectivity index is 1.96. The molecule has 0 saturated carbocycles. The van der Waals surface area contributed by atoms with E-state index in [1.54, 1.807) is 12.1 Å². The summed E-state index contributed by atoms with van der Waals surface area (Å²) < 4.78 is 1.26. The quantitative estimate of drug-likeness (QED) is 0.884. The zero-order chi connectivity index (χ0) is 15.4. The number of benzene rings is 1. The Hall–Kier alpha value is -2.05. The zero-order valence-corrected chi connectivity index (χ0v) is 12.2. The van der Waals surface area contributed by atoms with E-state index in [2.05, 4.69) is 10.4 Å². The van der Waals surface area contributed by atoms with Crippen LogP contribution < -0.4 is 5.32 Å². The minimum absolute atomic E-state index is 0.0346. The number of rotatable bonds is 5. The van der Waals surface area contributed by atoms with Crippen molar-refractivity contribution in [2.75, 3.05) is 5.32 Å². The number of aromatic carboxylic acids is 1. The van der Waals surface area contributed by atoms with Crippen LogP contribution in [0.2, 0.25) is 10.0 Å². The number of hydrogen-bond donors (Lipinski definition) is 2. The van der Waals surface area contributed by atoms with Gasteiger partial charge in [-0.05, 0) is 24.3 Å². The number of carbonyl (C=O) groups excluding carboxylic acids is 1. The number of aryl methyl sites for hydroxylation is 1. The van der Waals surface area contributed by atoms with Crippen LogP contribution in [-0.2, 0) is 11.3 Å². The molecule has 8 heteroatoms. The molecular weight excluding hydrogens is 317 g/mol. The van der Waals surface area contributed by atoms with Crippen LogP contribution in [-0.4, -0.2) is 26.8 Å². The molecule has 2 rings (SSSR count). The Morgan fingerprint density at radius 1 is 1.29 bits per heavy atom. The van der Waals surface area contributed by atoms with E-state index in [1.165, 1.54) is 23.0 Å². The lowest BCUT2D eigenvalue weighted by atomic mass is 10.3. The highest BCUT2D eigenvalue weighted by Gasteiger charge is 2.12. The van der Waals surface area contributed by atoms with Crippen LogP contribution in [0.15, 0.2) is 30.5 Å². The number of nitrogens with one attached hydrogen (secondary N) is 1. The van der Waals surface area contributed by atoms with Crippen molar-refractivity contribution < 1.29 is 14.7 Å². The van der Waals surface area contributed by atoms with Crippen molar-refractivity contribution in [3.63, 3.8) is 0 Å². The number of carboxylic acid groups (broad SMARTS) is 1. The number of amides is 1. The van der Waals surface area contributed by atoms with Gasteiger partial charge in [0.1, 0.15) is 5.69 Å². The van der Waals surface area contributed by atoms with Crippen molar-refractivity contribution in [3.05, 3.63) is 46.2 Å². The highest BCUT2D eigenvalue weighted by molar-refractivity contribution is 6.36. The maximum Gasteiger partial charge on any atom is 0.354 e. The standard InChI is InChI=1S/C13H11Cl2N3O3/c14-8-1-2-10(9(15)7-8)17-12(19)4-6-18-11(13(20)21)3-5-16-18/h1-3,5,7H,4,6H2,(H,17,19)(H,20,21). The van der Waals surface area contributed by atoms with Crippen LogP contribution >= 0.6 is 23.2 Å². The predicted molar refractivity (Wildman–Crippen MR) is 78.9 cm³/mol. The molecule has 0 fully saturated rings. The summed E-state index contributed by atoms with van der Waals surface area (Å²) in [6.45, 7) is 0.158. The Morgan fingerprint density at radius 2 is 2.05 bits per heavy atom. The lowest BCUT2D eigenvalue weighted by molar-refractivity contribution is -0.116. The second-order valence-electron chi connectivity index (χ2n) is 4.17. The van der Waals surface area contributed by atoms with Gasteiger partial charge in [-0.1, -0.05) is 23.2 Å². The van der Waals surface area contributed by atoms with Crippen LogP contribution in [0.5, 0.6) is 0 Å². The van der Waals surface area contributed by atoms with Crippen molar-refractivity contribution >= 4 is 40.8 Å². The van der Waals surface area contributed by atoms with Crippen LogP contribution in [0.1, 0.15) is 16.9 Å². The molecule has 6 nitrogen and oxygen atoms in total. The van der Waals surface area contributed by atoms with Crippen LogP contribution in [0.4, 0.5) is 5.69 Å². The first-order valence-corrected chi connectivity index (χ1v) is 6.73. The van der Waals surface area contributed by atoms with Crippen molar-refractivity contribution in [2.24, 2.45) is 0 Å². The molecule has 0 aliphatic heterocycles. The van der Waals surface area contributed by atoms with Gasteiger partial charge in [0.15, 0.2) is 0 Å². The van der Waals surface area contributed by atoms with Crippen molar-refractivity contribution in [3.8, 4) is 0 Å². The summed E-state index contributed by atoms with van der Waals surface area (Å²) >= 11 is 11.7. The Morgan fingerprint density at radius 3 is 2.71 bits per heavy atom. The summed E-state index contributed by atoms with van der Waals surface area (Å²) in [6.07, 6.45) is 1.44. The molecule has 0 saturated heterocycles. The molecule has 0 spiro atoms. The fourth-order valence-electron chi connectivity index (χ4n) is 1.70. The fraction of sp³-hybridized carbons (Fsp3) is 0.154. The summed E-state index contributed by atoms with van der Waals surface area (Å²) in [6, 6.07) is 6.10. The van der Waals surface area contributed by atoms with Gasteiger partial charge in [0, 0.05) is 17.6 Å². The topological polar surface area (TPSA) is 84.2 Å². The van der Waals surface area contributed by atoms with Gasteiger partial charge in [-0.25, -0.2) is 4.79 Å². The van der Waals surface area contributed by atoms with Gasteiger partial charge in [-0.3, -0.25) is 9.48 Å². The Labute approximate surface area is 130 Å². The summed E-state index contributed by atoms with van der Waals surface area (Å²) in [5.74, 6) is -1.39. The van der Waals surface area contributed by atoms with Gasteiger partial charge in [0.2, 0.25) is 5.91 Å². The zero-order valence-electron chi connectivity index (χ0n) is 10.7. The first kappa shape index (κ1) is 15.3. The normalized spacial score (nSPS) is 10.4. The molecule has 0 aliphatic rings. The van der Waals surface area contributed by atoms with E-state index in [9.17, 15) is 9.59 Å². The van der Waals surface area contributed by atoms with Gasteiger partial charge in [0.25, 0.3) is 0 Å². The monoisotopic (exact) mass is 327 g/mol. The van der Waals surface area contributed by atoms with Gasteiger partial charge < -0.3 is 10.4 Å². The van der Waals surface area contributed by atoms with E-state index in [0.717, 1.165) is 0 Å². The van der Waals surface area contributed by atoms with Crippen molar-refractivity contribution in [2.45, 2.75) is 13.0 Å². The number of halogens is 2. The van der Waals surface area contributed by atoms with Crippen LogP contribution in [0, 0.1) is 0 Å². The molecule has 110 valence electrons. The summed E-state index contributed by atoms with van der Waals surface area (Å²) in [4.78, 5) is 22.7. The molecule has 1 aromatic heterocycles. The predicted octanol–water partition coefficient (Wildman–Crippen LogP) is 2.92. The second kappa shape index (κ2) is 6.60. The lowest BCUT2D eigenvalue weighted by Gasteiger charge is -2.08. The minimum atomic E-state index is -1.09. The SMILES string of the molecule is O=C(CCn1nccc1C(=O)O)Nc1ccc(Cl)cc1Cl. The average molecular weight is 328 g/mol. The third-order valence-electron chi connectivity index (χ3n) is 2.69. The number of nitrogens with zero attached hydrogens (tertiary/aromatic N) is 2. The van der Waals surface area contributed by atoms with Crippen LogP contribution in [0.25, 0.3) is 0 Å². The molecule has 1 heterocycles. The second-order valence-corrected chi connectivity index (χ2v) is 5.01. The number of hydrogen-bond acceptors (Lipinski definition) is 3. The molecule has 1 amide bonds. The lowest BCUT2D eigenvalue weighted by Crippen LogP contribution is -2.17. The number of aromatic nitrogens is 2. The van der Waals surface area contributed by atoms with E-state index in [-0.39, 0.29) is 24.6 Å². The van der Waals surface area contributed by atoms with E-state index in [1.807, 2.05) is 0 Å². The molecule has 2 aromatic rings. The maximum absolute atomic E-state index is 11.8. The van der Waals surface area contributed by atoms with Gasteiger partial charge in [0.05, 0.1) is 17.3 Å². The molecule has 2 N–H and O–H groups in total. The third kappa shape index (κ3) is 3.96. The third-order valence-corrected chi connectivity index (χ3v) is 3.24. The molecule has 0 bridgehead atoms. The van der Waals surface area contributed by atoms with E-state index in [4.69, 9.17) is 28.3 Å². The summed E-state index contributed by atoms with van der Waals surface area (Å²) in [7, 11) is 0. The first-order chi connectivity index (χ1) is 9.97. The Kier molecular flexibility index (Phi) is 4.82. The molecular formula is C13H11Cl2N3O3. The average Bonchev–Trinajstić information content (AvgIpc) is 2.88. The van der Waals surface area contributed by atoms with Crippen LogP contribution in [0.3, 0.4) is 0 Å². The van der Waals surface area contributed by atoms with E-state index < -0.39 is 5.97 Å². The van der Waals surface area contributed by atoms with Crippen molar-refractivity contribution in [1.82, 2.24) is 9.78 Å². The number of anilines is 1. The highest BCUT2D eigenvalue weighted by atomic mass is 35.5. The fourth-order valence-corrected chi connectivity index (χ4v) is 2.16. The first-order valence-electron chi connectivity index (χ1n) is 5.97. The maximum atomic E-state index is 11.8. The number of carbonyl (C=O) groups is 2. The van der Waals surface area contributed by atoms with Gasteiger partial charge >= 0.3 is 5.97 Å². The molecule has 0 atom stereocenters. The minimum Gasteiger partial charge on any atom is -0.477 e. The van der Waals surface area contributed by atoms with Gasteiger partial charge in [-0.15, -0.1) is 0 Å². The largest absolute Gasteiger partial charge is 0.477 e. The smallest absolute Gasteiger partial charge is 0.354 e. The molecule has 21 heavy (non-hydrogen) atoms. The summed E-state index contributed by atoms with van der Waals surface area (Å²) in [5.41, 5.74) is 0.484. The molecule has 0 radical (unpaired) electrons. The highest BCUT2D eigenvalue weighted by Crippen LogP contribution is 2.25. The molecule has 0 unspecified atom stereocenters.